The summed E-state index contributed by atoms with van der Waals surface area (Å²) in [4.78, 5) is 11.1. The van der Waals surface area contributed by atoms with Crippen LogP contribution in [0.1, 0.15) is 35.2 Å². The van der Waals surface area contributed by atoms with Crippen molar-refractivity contribution in [2.24, 2.45) is 5.92 Å². The average Bonchev–Trinajstić information content (AvgIpc) is 2.19. The van der Waals surface area contributed by atoms with E-state index in [9.17, 15) is 18.0 Å². The van der Waals surface area contributed by atoms with E-state index in [-0.39, 0.29) is 16.8 Å². The second kappa shape index (κ2) is 3.65. The van der Waals surface area contributed by atoms with E-state index in [2.05, 4.69) is 5.32 Å². The topological polar surface area (TPSA) is 49.3 Å². The van der Waals surface area contributed by atoms with Crippen LogP contribution >= 0.6 is 0 Å². The molecule has 0 spiro atoms. The first-order valence-corrected chi connectivity index (χ1v) is 6.02. The van der Waals surface area contributed by atoms with E-state index in [0.717, 1.165) is 37.5 Å². The Morgan fingerprint density at radius 3 is 2.37 bits per heavy atom. The predicted octanol–water partition coefficient (Wildman–Crippen LogP) is 3.37. The van der Waals surface area contributed by atoms with E-state index in [1.54, 1.807) is 0 Å². The van der Waals surface area contributed by atoms with Gasteiger partial charge in [-0.05, 0) is 43.4 Å². The number of carboxylic acid groups (broad SMARTS) is 1. The zero-order valence-electron chi connectivity index (χ0n) is 9.92. The highest BCUT2D eigenvalue weighted by Crippen LogP contribution is 2.58. The SMILES string of the molecule is O=C(O)c1ccc(C(F)(F)F)cc1NC12CC(C1)C2. The van der Waals surface area contributed by atoms with Gasteiger partial charge in [0.1, 0.15) is 0 Å². The lowest BCUT2D eigenvalue weighted by atomic mass is 9.50. The molecule has 0 radical (unpaired) electrons. The second-order valence-corrected chi connectivity index (χ2v) is 5.45. The third-order valence-corrected chi connectivity index (χ3v) is 4.02. The summed E-state index contributed by atoms with van der Waals surface area (Å²) in [7, 11) is 0. The molecule has 3 nitrogen and oxygen atoms in total. The van der Waals surface area contributed by atoms with E-state index < -0.39 is 17.7 Å². The smallest absolute Gasteiger partial charge is 0.416 e. The van der Waals surface area contributed by atoms with Gasteiger partial charge in [-0.25, -0.2) is 4.79 Å². The largest absolute Gasteiger partial charge is 0.478 e. The normalized spacial score (nSPS) is 28.3. The van der Waals surface area contributed by atoms with Crippen LogP contribution in [0.5, 0.6) is 0 Å². The minimum atomic E-state index is -4.47. The number of hydrogen-bond donors (Lipinski definition) is 2. The number of aromatic carboxylic acids is 1. The number of anilines is 1. The molecule has 102 valence electrons. The molecule has 0 saturated heterocycles. The van der Waals surface area contributed by atoms with Gasteiger partial charge in [0, 0.05) is 11.2 Å². The van der Waals surface area contributed by atoms with Crippen LogP contribution in [0.25, 0.3) is 0 Å². The average molecular weight is 271 g/mol. The minimum absolute atomic E-state index is 0.0699. The van der Waals surface area contributed by atoms with Crippen molar-refractivity contribution in [2.45, 2.75) is 31.0 Å². The van der Waals surface area contributed by atoms with Crippen LogP contribution in [0.4, 0.5) is 18.9 Å². The van der Waals surface area contributed by atoms with Gasteiger partial charge in [0.05, 0.1) is 11.1 Å². The van der Waals surface area contributed by atoms with Crippen molar-refractivity contribution in [3.63, 3.8) is 0 Å². The molecule has 0 aliphatic heterocycles. The highest BCUT2D eigenvalue weighted by atomic mass is 19.4. The Morgan fingerprint density at radius 2 is 1.95 bits per heavy atom. The van der Waals surface area contributed by atoms with E-state index in [1.807, 2.05) is 0 Å². The second-order valence-electron chi connectivity index (χ2n) is 5.45. The first-order chi connectivity index (χ1) is 8.79. The molecule has 0 aromatic heterocycles. The molecule has 1 aromatic rings. The number of halogens is 3. The van der Waals surface area contributed by atoms with Crippen LogP contribution in [0, 0.1) is 5.92 Å². The first kappa shape index (κ1) is 12.3. The van der Waals surface area contributed by atoms with Crippen LogP contribution < -0.4 is 5.32 Å². The summed E-state index contributed by atoms with van der Waals surface area (Å²) in [6.45, 7) is 0. The molecule has 3 aliphatic carbocycles. The van der Waals surface area contributed by atoms with Crippen molar-refractivity contribution in [3.05, 3.63) is 29.3 Å². The van der Waals surface area contributed by atoms with Gasteiger partial charge in [-0.1, -0.05) is 0 Å². The molecule has 0 atom stereocenters. The lowest BCUT2D eigenvalue weighted by Crippen LogP contribution is -2.63. The third-order valence-electron chi connectivity index (χ3n) is 4.02. The molecule has 0 amide bonds. The Hall–Kier alpha value is -1.72. The lowest BCUT2D eigenvalue weighted by Gasteiger charge is -2.62. The monoisotopic (exact) mass is 271 g/mol. The summed E-state index contributed by atoms with van der Waals surface area (Å²) >= 11 is 0. The summed E-state index contributed by atoms with van der Waals surface area (Å²) in [5.41, 5.74) is -1.04. The molecule has 2 bridgehead atoms. The first-order valence-electron chi connectivity index (χ1n) is 6.02. The van der Waals surface area contributed by atoms with Gasteiger partial charge < -0.3 is 10.4 Å². The standard InChI is InChI=1S/C13H12F3NO2/c14-13(15,16)8-1-2-9(11(18)19)10(3-8)17-12-4-7(5-12)6-12/h1-3,7,17H,4-6H2,(H,18,19). The predicted molar refractivity (Wildman–Crippen MR) is 62.1 cm³/mol. The molecule has 1 aromatic carbocycles. The molecular formula is C13H12F3NO2. The zero-order chi connectivity index (χ0) is 13.8. The quantitative estimate of drug-likeness (QED) is 0.886. The Balaban J connectivity index is 1.95. The number of hydrogen-bond acceptors (Lipinski definition) is 2. The number of nitrogens with one attached hydrogen (secondary N) is 1. The van der Waals surface area contributed by atoms with Gasteiger partial charge in [-0.15, -0.1) is 0 Å². The summed E-state index contributed by atoms with van der Waals surface area (Å²) in [5.74, 6) is -0.561. The summed E-state index contributed by atoms with van der Waals surface area (Å²) in [5, 5.41) is 12.0. The summed E-state index contributed by atoms with van der Waals surface area (Å²) < 4.78 is 38.0. The maximum Gasteiger partial charge on any atom is 0.416 e. The molecule has 4 rings (SSSR count). The number of alkyl halides is 3. The van der Waals surface area contributed by atoms with Crippen LogP contribution in [-0.2, 0) is 6.18 Å². The van der Waals surface area contributed by atoms with E-state index >= 15 is 0 Å². The Morgan fingerprint density at radius 1 is 1.32 bits per heavy atom. The highest BCUT2D eigenvalue weighted by Gasteiger charge is 2.56. The van der Waals surface area contributed by atoms with Crippen molar-refractivity contribution in [3.8, 4) is 0 Å². The van der Waals surface area contributed by atoms with Crippen molar-refractivity contribution in [1.82, 2.24) is 0 Å². The third kappa shape index (κ3) is 1.95. The number of benzene rings is 1. The van der Waals surface area contributed by atoms with Gasteiger partial charge >= 0.3 is 12.1 Å². The molecular weight excluding hydrogens is 259 g/mol. The van der Waals surface area contributed by atoms with Gasteiger partial charge in [0.15, 0.2) is 0 Å². The van der Waals surface area contributed by atoms with Crippen molar-refractivity contribution >= 4 is 11.7 Å². The van der Waals surface area contributed by atoms with E-state index in [4.69, 9.17) is 5.11 Å². The van der Waals surface area contributed by atoms with Gasteiger partial charge in [0.25, 0.3) is 0 Å². The summed E-state index contributed by atoms with van der Waals surface area (Å²) in [6, 6.07) is 2.71. The fourth-order valence-electron chi connectivity index (χ4n) is 2.93. The van der Waals surface area contributed by atoms with Crippen LogP contribution in [0.3, 0.4) is 0 Å². The molecule has 0 heterocycles. The van der Waals surface area contributed by atoms with E-state index in [0.29, 0.717) is 5.92 Å². The number of carboxylic acids is 1. The Kier molecular flexibility index (Phi) is 2.37. The molecule has 3 fully saturated rings. The fourth-order valence-corrected chi connectivity index (χ4v) is 2.93. The Bertz CT molecular complexity index is 536. The van der Waals surface area contributed by atoms with Crippen molar-refractivity contribution < 1.29 is 23.1 Å². The lowest BCUT2D eigenvalue weighted by molar-refractivity contribution is -0.137. The molecule has 19 heavy (non-hydrogen) atoms. The van der Waals surface area contributed by atoms with Crippen molar-refractivity contribution in [1.29, 1.82) is 0 Å². The maximum atomic E-state index is 12.7. The number of carbonyl (C=O) groups is 1. The summed E-state index contributed by atoms with van der Waals surface area (Å²) in [6.07, 6.45) is -1.71. The highest BCUT2D eigenvalue weighted by molar-refractivity contribution is 5.94. The van der Waals surface area contributed by atoms with Gasteiger partial charge in [-0.3, -0.25) is 0 Å². The molecule has 6 heteroatoms. The maximum absolute atomic E-state index is 12.7. The van der Waals surface area contributed by atoms with Gasteiger partial charge in [0.2, 0.25) is 0 Å². The molecule has 3 saturated carbocycles. The number of rotatable bonds is 3. The molecule has 3 aliphatic rings. The van der Waals surface area contributed by atoms with E-state index in [1.165, 1.54) is 0 Å². The van der Waals surface area contributed by atoms with Crippen LogP contribution in [-0.4, -0.2) is 16.6 Å². The zero-order valence-corrected chi connectivity index (χ0v) is 9.92. The minimum Gasteiger partial charge on any atom is -0.478 e. The molecule has 2 N–H and O–H groups in total. The fraction of sp³-hybridized carbons (Fsp3) is 0.462. The Labute approximate surface area is 107 Å². The van der Waals surface area contributed by atoms with Crippen molar-refractivity contribution in [2.75, 3.05) is 5.32 Å². The molecule has 0 unspecified atom stereocenters. The van der Waals surface area contributed by atoms with Gasteiger partial charge in [-0.2, -0.15) is 13.2 Å². The van der Waals surface area contributed by atoms with Crippen LogP contribution in [0.15, 0.2) is 18.2 Å². The van der Waals surface area contributed by atoms with Crippen LogP contribution in [0.2, 0.25) is 0 Å².